The Labute approximate surface area is 182 Å². The van der Waals surface area contributed by atoms with Crippen LogP contribution in [0.5, 0.6) is 0 Å². The highest BCUT2D eigenvalue weighted by Gasteiger charge is 2.35. The highest BCUT2D eigenvalue weighted by Crippen LogP contribution is 2.32. The van der Waals surface area contributed by atoms with E-state index >= 15 is 0 Å². The zero-order valence-electron chi connectivity index (χ0n) is 17.9. The van der Waals surface area contributed by atoms with Crippen LogP contribution in [0.2, 0.25) is 0 Å². The molecule has 5 nitrogen and oxygen atoms in total. The van der Waals surface area contributed by atoms with Gasteiger partial charge in [-0.3, -0.25) is 4.79 Å². The zero-order chi connectivity index (χ0) is 21.8. The summed E-state index contributed by atoms with van der Waals surface area (Å²) in [5.41, 5.74) is 2.46. The van der Waals surface area contributed by atoms with Gasteiger partial charge in [-0.05, 0) is 67.3 Å². The molecule has 5 heteroatoms. The van der Waals surface area contributed by atoms with Gasteiger partial charge in [0.25, 0.3) is 0 Å². The van der Waals surface area contributed by atoms with Crippen LogP contribution in [0.1, 0.15) is 48.7 Å². The number of amides is 1. The van der Waals surface area contributed by atoms with Crippen molar-refractivity contribution in [2.75, 3.05) is 11.9 Å². The molecule has 1 atom stereocenters. The molecule has 1 aliphatic carbocycles. The van der Waals surface area contributed by atoms with Crippen molar-refractivity contribution < 1.29 is 14.3 Å². The predicted molar refractivity (Wildman–Crippen MR) is 123 cm³/mol. The predicted octanol–water partition coefficient (Wildman–Crippen LogP) is 5.08. The first-order valence-electron chi connectivity index (χ1n) is 10.9. The summed E-state index contributed by atoms with van der Waals surface area (Å²) in [7, 11) is 0. The minimum absolute atomic E-state index is 0.00181. The van der Waals surface area contributed by atoms with Crippen molar-refractivity contribution in [3.05, 3.63) is 77.9 Å². The number of fused-ring (bicyclic) bond motifs is 1. The second-order valence-corrected chi connectivity index (χ2v) is 8.11. The fourth-order valence-electron chi connectivity index (χ4n) is 4.19. The lowest BCUT2D eigenvalue weighted by Crippen LogP contribution is -2.46. The molecule has 3 aromatic carbocycles. The van der Waals surface area contributed by atoms with Crippen molar-refractivity contribution in [2.45, 2.75) is 38.8 Å². The third-order valence-corrected chi connectivity index (χ3v) is 5.95. The number of hydrogen-bond donors (Lipinski definition) is 2. The summed E-state index contributed by atoms with van der Waals surface area (Å²) in [6, 6.07) is 22.2. The molecule has 1 amide bonds. The summed E-state index contributed by atoms with van der Waals surface area (Å²) in [6.45, 7) is 4.30. The van der Waals surface area contributed by atoms with Crippen molar-refractivity contribution in [2.24, 2.45) is 5.92 Å². The molecule has 31 heavy (non-hydrogen) atoms. The maximum absolute atomic E-state index is 12.6. The zero-order valence-corrected chi connectivity index (χ0v) is 17.9. The molecule has 0 aliphatic heterocycles. The molecule has 0 spiro atoms. The number of esters is 1. The van der Waals surface area contributed by atoms with E-state index in [0.29, 0.717) is 23.9 Å². The molecule has 1 unspecified atom stereocenters. The van der Waals surface area contributed by atoms with E-state index in [0.717, 1.165) is 12.8 Å². The Morgan fingerprint density at radius 2 is 1.71 bits per heavy atom. The maximum Gasteiger partial charge on any atom is 0.338 e. The number of rotatable bonds is 7. The van der Waals surface area contributed by atoms with Crippen LogP contribution in [0, 0.1) is 5.92 Å². The van der Waals surface area contributed by atoms with Crippen LogP contribution in [0.15, 0.2) is 66.7 Å². The molecule has 4 rings (SSSR count). The summed E-state index contributed by atoms with van der Waals surface area (Å²) in [4.78, 5) is 24.3. The van der Waals surface area contributed by atoms with Crippen LogP contribution < -0.4 is 10.6 Å². The summed E-state index contributed by atoms with van der Waals surface area (Å²) in [5.74, 6) is -0.324. The fourth-order valence-corrected chi connectivity index (χ4v) is 4.19. The molecular formula is C26H28N2O3. The molecule has 160 valence electrons. The van der Waals surface area contributed by atoms with E-state index in [-0.39, 0.29) is 23.8 Å². The minimum Gasteiger partial charge on any atom is -0.462 e. The minimum atomic E-state index is -0.353. The maximum atomic E-state index is 12.6. The van der Waals surface area contributed by atoms with E-state index in [1.807, 2.05) is 0 Å². The van der Waals surface area contributed by atoms with Crippen molar-refractivity contribution in [3.63, 3.8) is 0 Å². The first kappa shape index (κ1) is 21.1. The van der Waals surface area contributed by atoms with Gasteiger partial charge in [0.05, 0.1) is 12.2 Å². The van der Waals surface area contributed by atoms with Crippen molar-refractivity contribution >= 4 is 28.3 Å². The molecule has 1 fully saturated rings. The Balaban J connectivity index is 1.29. The van der Waals surface area contributed by atoms with E-state index in [2.05, 4.69) is 60.0 Å². The lowest BCUT2D eigenvalue weighted by molar-refractivity contribution is -0.123. The van der Waals surface area contributed by atoms with E-state index < -0.39 is 0 Å². The summed E-state index contributed by atoms with van der Waals surface area (Å²) < 4.78 is 4.98. The first-order chi connectivity index (χ1) is 15.0. The number of carbonyl (C=O) groups is 2. The van der Waals surface area contributed by atoms with Gasteiger partial charge in [-0.2, -0.15) is 0 Å². The van der Waals surface area contributed by atoms with Crippen molar-refractivity contribution in [3.8, 4) is 0 Å². The molecule has 3 aromatic rings. The Hall–Kier alpha value is -3.18. The smallest absolute Gasteiger partial charge is 0.338 e. The van der Waals surface area contributed by atoms with Crippen LogP contribution in [-0.4, -0.2) is 24.5 Å². The van der Waals surface area contributed by atoms with Gasteiger partial charge in [-0.15, -0.1) is 0 Å². The standard InChI is InChI=1S/C26H28N2O3/c1-3-31-26(30)19-11-13-21(14-12-19)28-25(29)20-15-22(16-20)27-17(2)23-10-6-8-18-7-4-5-9-24(18)23/h4-14,17,20,22,27H,3,15-16H2,1-2H3,(H,28,29). The molecule has 1 aliphatic rings. The Bertz CT molecular complexity index is 1070. The number of carbonyl (C=O) groups excluding carboxylic acids is 2. The summed E-state index contributed by atoms with van der Waals surface area (Å²) >= 11 is 0. The summed E-state index contributed by atoms with van der Waals surface area (Å²) in [6.07, 6.45) is 1.64. The second kappa shape index (κ2) is 9.31. The van der Waals surface area contributed by atoms with Crippen LogP contribution in [-0.2, 0) is 9.53 Å². The van der Waals surface area contributed by atoms with Gasteiger partial charge in [-0.1, -0.05) is 42.5 Å². The number of anilines is 1. The SMILES string of the molecule is CCOC(=O)c1ccc(NC(=O)C2CC(NC(C)c3cccc4ccccc34)C2)cc1. The number of ether oxygens (including phenoxy) is 1. The van der Waals surface area contributed by atoms with Crippen molar-refractivity contribution in [1.29, 1.82) is 0 Å². The Kier molecular flexibility index (Phi) is 6.33. The van der Waals surface area contributed by atoms with Crippen LogP contribution in [0.25, 0.3) is 10.8 Å². The fraction of sp³-hybridized carbons (Fsp3) is 0.308. The topological polar surface area (TPSA) is 67.4 Å². The molecule has 0 bridgehead atoms. The highest BCUT2D eigenvalue weighted by atomic mass is 16.5. The Morgan fingerprint density at radius 3 is 2.45 bits per heavy atom. The van der Waals surface area contributed by atoms with Crippen LogP contribution >= 0.6 is 0 Å². The number of hydrogen-bond acceptors (Lipinski definition) is 4. The van der Waals surface area contributed by atoms with Gasteiger partial charge >= 0.3 is 5.97 Å². The molecular weight excluding hydrogens is 388 g/mol. The van der Waals surface area contributed by atoms with E-state index in [9.17, 15) is 9.59 Å². The molecule has 0 aromatic heterocycles. The van der Waals surface area contributed by atoms with Gasteiger partial charge < -0.3 is 15.4 Å². The van der Waals surface area contributed by atoms with Gasteiger partial charge in [0.15, 0.2) is 0 Å². The first-order valence-corrected chi connectivity index (χ1v) is 10.9. The van der Waals surface area contributed by atoms with Crippen molar-refractivity contribution in [1.82, 2.24) is 5.32 Å². The van der Waals surface area contributed by atoms with E-state index in [4.69, 9.17) is 4.74 Å². The normalized spacial score (nSPS) is 18.8. The lowest BCUT2D eigenvalue weighted by Gasteiger charge is -2.37. The van der Waals surface area contributed by atoms with Crippen LogP contribution in [0.4, 0.5) is 5.69 Å². The molecule has 0 heterocycles. The van der Waals surface area contributed by atoms with Gasteiger partial charge in [0.2, 0.25) is 5.91 Å². The third kappa shape index (κ3) is 4.78. The quantitative estimate of drug-likeness (QED) is 0.527. The molecule has 0 radical (unpaired) electrons. The molecule has 1 saturated carbocycles. The van der Waals surface area contributed by atoms with Gasteiger partial charge in [0, 0.05) is 23.7 Å². The average Bonchev–Trinajstić information content (AvgIpc) is 2.76. The van der Waals surface area contributed by atoms with Crippen LogP contribution in [0.3, 0.4) is 0 Å². The molecule has 2 N–H and O–H groups in total. The second-order valence-electron chi connectivity index (χ2n) is 8.11. The largest absolute Gasteiger partial charge is 0.462 e. The number of nitrogens with one attached hydrogen (secondary N) is 2. The van der Waals surface area contributed by atoms with Gasteiger partial charge in [-0.25, -0.2) is 4.79 Å². The monoisotopic (exact) mass is 416 g/mol. The molecule has 0 saturated heterocycles. The third-order valence-electron chi connectivity index (χ3n) is 5.95. The lowest BCUT2D eigenvalue weighted by atomic mass is 9.79. The average molecular weight is 417 g/mol. The van der Waals surface area contributed by atoms with E-state index in [1.54, 1.807) is 31.2 Å². The van der Waals surface area contributed by atoms with Gasteiger partial charge in [0.1, 0.15) is 0 Å². The highest BCUT2D eigenvalue weighted by molar-refractivity contribution is 5.94. The Morgan fingerprint density at radius 1 is 1.00 bits per heavy atom. The van der Waals surface area contributed by atoms with E-state index in [1.165, 1.54) is 16.3 Å². The summed E-state index contributed by atoms with van der Waals surface area (Å²) in [5, 5.41) is 9.14. The number of benzene rings is 3.